The second-order valence-corrected chi connectivity index (χ2v) is 5.74. The van der Waals surface area contributed by atoms with Crippen LogP contribution in [0.2, 0.25) is 0 Å². The molecule has 0 aromatic heterocycles. The number of carbonyl (C=O) groups is 2. The van der Waals surface area contributed by atoms with Gasteiger partial charge in [0.2, 0.25) is 5.91 Å². The van der Waals surface area contributed by atoms with Gasteiger partial charge >= 0.3 is 5.97 Å². The molecule has 0 fully saturated rings. The van der Waals surface area contributed by atoms with Crippen molar-refractivity contribution >= 4 is 11.9 Å². The van der Waals surface area contributed by atoms with Crippen molar-refractivity contribution in [3.8, 4) is 0 Å². The van der Waals surface area contributed by atoms with Crippen LogP contribution in [0.4, 0.5) is 0 Å². The van der Waals surface area contributed by atoms with Gasteiger partial charge in [-0.2, -0.15) is 0 Å². The number of carboxylic acid groups (broad SMARTS) is 1. The van der Waals surface area contributed by atoms with Crippen LogP contribution in [0.5, 0.6) is 0 Å². The normalized spacial score (nSPS) is 22.4. The van der Waals surface area contributed by atoms with Crippen molar-refractivity contribution in [1.29, 1.82) is 0 Å². The topological polar surface area (TPSA) is 86.6 Å². The zero-order chi connectivity index (χ0) is 16.6. The molecule has 0 spiro atoms. The fourth-order valence-corrected chi connectivity index (χ4v) is 2.49. The first-order chi connectivity index (χ1) is 10.4. The highest BCUT2D eigenvalue weighted by atomic mass is 16.4. The third kappa shape index (κ3) is 5.76. The summed E-state index contributed by atoms with van der Waals surface area (Å²) in [5.74, 6) is -1.23. The first-order valence-electron chi connectivity index (χ1n) is 7.64. The molecule has 0 aromatic rings. The number of aliphatic hydroxyl groups is 1. The second-order valence-electron chi connectivity index (χ2n) is 5.74. The molecule has 3 N–H and O–H groups in total. The molecular weight excluding hydrogens is 282 g/mol. The van der Waals surface area contributed by atoms with E-state index in [2.05, 4.69) is 18.3 Å². The van der Waals surface area contributed by atoms with Gasteiger partial charge < -0.3 is 15.5 Å². The number of carboxylic acids is 1. The van der Waals surface area contributed by atoms with Crippen LogP contribution in [0.3, 0.4) is 0 Å². The molecule has 0 saturated carbocycles. The predicted octanol–water partition coefficient (Wildman–Crippen LogP) is 3.10. The molecule has 1 unspecified atom stereocenters. The standard InChI is InChI=1S/C17H25NO4/c1-3-4-5-6-9-17(10-7-14(20)8-11-17)12-15(16(21)22)18-13(2)19/h6-10,15,20H,3-5,11-12H2,1-2H3,(H,18,19)(H,21,22)/t15-,17?/m0/s1. The number of hydrogen-bond acceptors (Lipinski definition) is 3. The molecule has 1 aliphatic carbocycles. The van der Waals surface area contributed by atoms with Gasteiger partial charge in [-0.3, -0.25) is 4.79 Å². The number of aliphatic carboxylic acids is 1. The number of aliphatic hydroxyl groups excluding tert-OH is 1. The Balaban J connectivity index is 2.90. The SMILES string of the molecule is CCCCC=CC1(C[C@H](NC(C)=O)C(=O)O)C=CC(O)=CC1. The van der Waals surface area contributed by atoms with Crippen molar-refractivity contribution in [3.63, 3.8) is 0 Å². The van der Waals surface area contributed by atoms with Crippen LogP contribution in [0.25, 0.3) is 0 Å². The van der Waals surface area contributed by atoms with Gasteiger partial charge in [0.1, 0.15) is 11.8 Å². The summed E-state index contributed by atoms with van der Waals surface area (Å²) in [7, 11) is 0. The van der Waals surface area contributed by atoms with Crippen molar-refractivity contribution in [2.45, 2.75) is 52.0 Å². The molecule has 0 bridgehead atoms. The van der Waals surface area contributed by atoms with E-state index in [9.17, 15) is 19.8 Å². The molecule has 5 nitrogen and oxygen atoms in total. The van der Waals surface area contributed by atoms with E-state index in [1.54, 1.807) is 12.2 Å². The van der Waals surface area contributed by atoms with Crippen LogP contribution in [0.15, 0.2) is 36.1 Å². The molecule has 0 heterocycles. The monoisotopic (exact) mass is 307 g/mol. The molecule has 22 heavy (non-hydrogen) atoms. The number of carbonyl (C=O) groups excluding carboxylic acids is 1. The number of unbranched alkanes of at least 4 members (excludes halogenated alkanes) is 2. The van der Waals surface area contributed by atoms with E-state index in [4.69, 9.17) is 0 Å². The fraction of sp³-hybridized carbons (Fsp3) is 0.529. The van der Waals surface area contributed by atoms with Gasteiger partial charge in [0.15, 0.2) is 0 Å². The largest absolute Gasteiger partial charge is 0.508 e. The average Bonchev–Trinajstić information content (AvgIpc) is 2.45. The van der Waals surface area contributed by atoms with E-state index < -0.39 is 17.4 Å². The molecule has 0 aromatic carbocycles. The maximum atomic E-state index is 11.4. The zero-order valence-electron chi connectivity index (χ0n) is 13.2. The van der Waals surface area contributed by atoms with Crippen LogP contribution < -0.4 is 5.32 Å². The first-order valence-corrected chi connectivity index (χ1v) is 7.64. The molecule has 0 saturated heterocycles. The van der Waals surface area contributed by atoms with Crippen molar-refractivity contribution < 1.29 is 19.8 Å². The van der Waals surface area contributed by atoms with Crippen LogP contribution in [0, 0.1) is 5.41 Å². The highest BCUT2D eigenvalue weighted by molar-refractivity contribution is 5.82. The summed E-state index contributed by atoms with van der Waals surface area (Å²) in [5.41, 5.74) is -0.495. The lowest BCUT2D eigenvalue weighted by Crippen LogP contribution is -2.43. The lowest BCUT2D eigenvalue weighted by molar-refractivity contribution is -0.142. The second kappa shape index (κ2) is 8.41. The molecule has 1 amide bonds. The Morgan fingerprint density at radius 1 is 1.50 bits per heavy atom. The van der Waals surface area contributed by atoms with Crippen LogP contribution in [0.1, 0.15) is 46.0 Å². The van der Waals surface area contributed by atoms with E-state index in [0.29, 0.717) is 6.42 Å². The van der Waals surface area contributed by atoms with Crippen LogP contribution >= 0.6 is 0 Å². The smallest absolute Gasteiger partial charge is 0.326 e. The number of amides is 1. The Bertz CT molecular complexity index is 493. The summed E-state index contributed by atoms with van der Waals surface area (Å²) in [6.45, 7) is 3.42. The van der Waals surface area contributed by atoms with Crippen molar-refractivity contribution in [2.75, 3.05) is 0 Å². The highest BCUT2D eigenvalue weighted by Crippen LogP contribution is 2.36. The number of hydrogen-bond donors (Lipinski definition) is 3. The van der Waals surface area contributed by atoms with Gasteiger partial charge in [-0.05, 0) is 31.4 Å². The number of nitrogens with one attached hydrogen (secondary N) is 1. The summed E-state index contributed by atoms with van der Waals surface area (Å²) >= 11 is 0. The summed E-state index contributed by atoms with van der Waals surface area (Å²) in [6, 6.07) is -0.952. The van der Waals surface area contributed by atoms with Gasteiger partial charge in [-0.25, -0.2) is 4.79 Å². The van der Waals surface area contributed by atoms with Crippen molar-refractivity contribution in [3.05, 3.63) is 36.1 Å². The van der Waals surface area contributed by atoms with Gasteiger partial charge in [-0.15, -0.1) is 0 Å². The summed E-state index contributed by atoms with van der Waals surface area (Å²) < 4.78 is 0. The minimum absolute atomic E-state index is 0.184. The summed E-state index contributed by atoms with van der Waals surface area (Å²) in [6.07, 6.45) is 13.0. The van der Waals surface area contributed by atoms with Crippen LogP contribution in [-0.2, 0) is 9.59 Å². The lowest BCUT2D eigenvalue weighted by Gasteiger charge is -2.31. The van der Waals surface area contributed by atoms with Crippen molar-refractivity contribution in [1.82, 2.24) is 5.32 Å². The van der Waals surface area contributed by atoms with Crippen LogP contribution in [-0.4, -0.2) is 28.1 Å². The van der Waals surface area contributed by atoms with E-state index in [0.717, 1.165) is 19.3 Å². The van der Waals surface area contributed by atoms with E-state index in [-0.39, 0.29) is 18.1 Å². The van der Waals surface area contributed by atoms with Crippen molar-refractivity contribution in [2.24, 2.45) is 5.41 Å². The average molecular weight is 307 g/mol. The molecule has 0 radical (unpaired) electrons. The maximum Gasteiger partial charge on any atom is 0.326 e. The molecule has 5 heteroatoms. The molecule has 1 aliphatic rings. The molecular formula is C17H25NO4. The maximum absolute atomic E-state index is 11.4. The fourth-order valence-electron chi connectivity index (χ4n) is 2.49. The Hall–Kier alpha value is -2.04. The zero-order valence-corrected chi connectivity index (χ0v) is 13.2. The molecule has 0 aliphatic heterocycles. The lowest BCUT2D eigenvalue weighted by atomic mass is 9.75. The molecule has 1 rings (SSSR count). The molecule has 122 valence electrons. The Labute approximate surface area is 131 Å². The third-order valence-electron chi connectivity index (χ3n) is 3.71. The van der Waals surface area contributed by atoms with Gasteiger partial charge in [-0.1, -0.05) is 38.0 Å². The predicted molar refractivity (Wildman–Crippen MR) is 85.4 cm³/mol. The van der Waals surface area contributed by atoms with E-state index >= 15 is 0 Å². The van der Waals surface area contributed by atoms with E-state index in [1.807, 2.05) is 12.2 Å². The molecule has 2 atom stereocenters. The van der Waals surface area contributed by atoms with E-state index in [1.165, 1.54) is 6.92 Å². The summed E-state index contributed by atoms with van der Waals surface area (Å²) in [4.78, 5) is 22.6. The minimum Gasteiger partial charge on any atom is -0.508 e. The van der Waals surface area contributed by atoms with Gasteiger partial charge in [0.05, 0.1) is 0 Å². The third-order valence-corrected chi connectivity index (χ3v) is 3.71. The highest BCUT2D eigenvalue weighted by Gasteiger charge is 2.32. The van der Waals surface area contributed by atoms with Gasteiger partial charge in [0, 0.05) is 12.3 Å². The Morgan fingerprint density at radius 2 is 2.23 bits per heavy atom. The Kier molecular flexibility index (Phi) is 6.89. The quantitative estimate of drug-likeness (QED) is 0.475. The number of rotatable bonds is 8. The van der Waals surface area contributed by atoms with Gasteiger partial charge in [0.25, 0.3) is 0 Å². The minimum atomic E-state index is -1.05. The number of allylic oxidation sites excluding steroid dienone is 5. The Morgan fingerprint density at radius 3 is 2.73 bits per heavy atom. The first kappa shape index (κ1) is 18.0. The summed E-state index contributed by atoms with van der Waals surface area (Å²) in [5, 5.41) is 21.3.